The quantitative estimate of drug-likeness (QED) is 0.729. The van der Waals surface area contributed by atoms with Gasteiger partial charge in [0.2, 0.25) is 0 Å². The summed E-state index contributed by atoms with van der Waals surface area (Å²) in [6.45, 7) is 0. The van der Waals surface area contributed by atoms with Crippen LogP contribution in [-0.2, 0) is 0 Å². The highest BCUT2D eigenvalue weighted by molar-refractivity contribution is 6.10. The van der Waals surface area contributed by atoms with Crippen LogP contribution in [0.15, 0.2) is 79.0 Å². The SMILES string of the molecule is COc1ccc(C(=O)N(c2ccccc2)c2ccccn2)cc1. The van der Waals surface area contributed by atoms with Gasteiger partial charge in [0.25, 0.3) is 5.91 Å². The first-order valence-corrected chi connectivity index (χ1v) is 7.24. The Kier molecular flexibility index (Phi) is 4.34. The number of ether oxygens (including phenoxy) is 1. The molecule has 3 aromatic rings. The van der Waals surface area contributed by atoms with Gasteiger partial charge in [0.05, 0.1) is 12.8 Å². The minimum atomic E-state index is -0.141. The van der Waals surface area contributed by atoms with Gasteiger partial charge in [-0.15, -0.1) is 0 Å². The lowest BCUT2D eigenvalue weighted by Gasteiger charge is -2.22. The molecule has 0 fully saturated rings. The molecule has 1 heterocycles. The summed E-state index contributed by atoms with van der Waals surface area (Å²) in [7, 11) is 1.60. The molecule has 1 amide bonds. The molecule has 0 N–H and O–H groups in total. The van der Waals surface area contributed by atoms with Crippen LogP contribution in [0.3, 0.4) is 0 Å². The Balaban J connectivity index is 2.02. The minimum absolute atomic E-state index is 0.141. The molecule has 114 valence electrons. The van der Waals surface area contributed by atoms with Crippen LogP contribution >= 0.6 is 0 Å². The number of amides is 1. The number of pyridine rings is 1. The number of carbonyl (C=O) groups excluding carboxylic acids is 1. The second kappa shape index (κ2) is 6.75. The molecule has 0 saturated carbocycles. The monoisotopic (exact) mass is 304 g/mol. The van der Waals surface area contributed by atoms with Crippen LogP contribution in [0.4, 0.5) is 11.5 Å². The van der Waals surface area contributed by atoms with Crippen molar-refractivity contribution in [2.45, 2.75) is 0 Å². The lowest BCUT2D eigenvalue weighted by molar-refractivity contribution is 0.0998. The van der Waals surface area contributed by atoms with Crippen molar-refractivity contribution in [1.29, 1.82) is 0 Å². The van der Waals surface area contributed by atoms with E-state index in [0.717, 1.165) is 5.69 Å². The van der Waals surface area contributed by atoms with E-state index in [4.69, 9.17) is 4.74 Å². The molecule has 0 radical (unpaired) electrons. The van der Waals surface area contributed by atoms with Crippen molar-refractivity contribution in [1.82, 2.24) is 4.98 Å². The van der Waals surface area contributed by atoms with Gasteiger partial charge in [0.15, 0.2) is 0 Å². The molecular formula is C19H16N2O2. The van der Waals surface area contributed by atoms with Crippen molar-refractivity contribution in [2.75, 3.05) is 12.0 Å². The van der Waals surface area contributed by atoms with Gasteiger partial charge in [-0.2, -0.15) is 0 Å². The van der Waals surface area contributed by atoms with Gasteiger partial charge in [0, 0.05) is 11.8 Å². The third-order valence-corrected chi connectivity index (χ3v) is 3.43. The summed E-state index contributed by atoms with van der Waals surface area (Å²) in [6.07, 6.45) is 1.67. The number of aromatic nitrogens is 1. The summed E-state index contributed by atoms with van der Waals surface area (Å²) < 4.78 is 5.14. The van der Waals surface area contributed by atoms with Crippen molar-refractivity contribution >= 4 is 17.4 Å². The van der Waals surface area contributed by atoms with Crippen molar-refractivity contribution in [2.24, 2.45) is 0 Å². The molecule has 0 spiro atoms. The van der Waals surface area contributed by atoms with Gasteiger partial charge in [0.1, 0.15) is 11.6 Å². The average Bonchev–Trinajstić information content (AvgIpc) is 2.64. The van der Waals surface area contributed by atoms with Crippen molar-refractivity contribution in [3.8, 4) is 5.75 Å². The number of methoxy groups -OCH3 is 1. The number of hydrogen-bond donors (Lipinski definition) is 0. The molecule has 1 aromatic heterocycles. The normalized spacial score (nSPS) is 10.1. The highest BCUT2D eigenvalue weighted by Crippen LogP contribution is 2.26. The molecule has 0 aliphatic heterocycles. The van der Waals surface area contributed by atoms with Crippen LogP contribution in [-0.4, -0.2) is 18.0 Å². The zero-order chi connectivity index (χ0) is 16.1. The smallest absolute Gasteiger partial charge is 0.264 e. The zero-order valence-electron chi connectivity index (χ0n) is 12.7. The lowest BCUT2D eigenvalue weighted by Crippen LogP contribution is -2.26. The summed E-state index contributed by atoms with van der Waals surface area (Å²) in [5, 5.41) is 0. The average molecular weight is 304 g/mol. The maximum Gasteiger partial charge on any atom is 0.264 e. The maximum atomic E-state index is 13.0. The summed E-state index contributed by atoms with van der Waals surface area (Å²) in [6, 6.07) is 22.0. The van der Waals surface area contributed by atoms with Crippen molar-refractivity contribution < 1.29 is 9.53 Å². The van der Waals surface area contributed by atoms with Gasteiger partial charge in [-0.25, -0.2) is 4.98 Å². The molecule has 4 nitrogen and oxygen atoms in total. The second-order valence-corrected chi connectivity index (χ2v) is 4.89. The van der Waals surface area contributed by atoms with E-state index in [2.05, 4.69) is 4.98 Å². The van der Waals surface area contributed by atoms with E-state index >= 15 is 0 Å². The zero-order valence-corrected chi connectivity index (χ0v) is 12.7. The fourth-order valence-corrected chi connectivity index (χ4v) is 2.28. The van der Waals surface area contributed by atoms with Gasteiger partial charge in [-0.1, -0.05) is 24.3 Å². The molecule has 0 saturated heterocycles. The molecule has 0 atom stereocenters. The molecule has 4 heteroatoms. The standard InChI is InChI=1S/C19H16N2O2/c1-23-17-12-10-15(11-13-17)19(22)21(16-7-3-2-4-8-16)18-9-5-6-14-20-18/h2-14H,1H3. The second-order valence-electron chi connectivity index (χ2n) is 4.89. The Hall–Kier alpha value is -3.14. The predicted molar refractivity (Wildman–Crippen MR) is 90.1 cm³/mol. The highest BCUT2D eigenvalue weighted by atomic mass is 16.5. The molecule has 2 aromatic carbocycles. The number of benzene rings is 2. The molecule has 0 unspecified atom stereocenters. The van der Waals surface area contributed by atoms with Crippen LogP contribution in [0, 0.1) is 0 Å². The third-order valence-electron chi connectivity index (χ3n) is 3.43. The summed E-state index contributed by atoms with van der Waals surface area (Å²) in [5.41, 5.74) is 1.34. The number of rotatable bonds is 4. The Morgan fingerprint density at radius 1 is 0.913 bits per heavy atom. The molecular weight excluding hydrogens is 288 g/mol. The molecule has 3 rings (SSSR count). The fraction of sp³-hybridized carbons (Fsp3) is 0.0526. The summed E-state index contributed by atoms with van der Waals surface area (Å²) >= 11 is 0. The van der Waals surface area contributed by atoms with Crippen LogP contribution < -0.4 is 9.64 Å². The first kappa shape index (κ1) is 14.8. The Labute approximate surface area is 135 Å². The number of hydrogen-bond acceptors (Lipinski definition) is 3. The van der Waals surface area contributed by atoms with Crippen LogP contribution in [0.2, 0.25) is 0 Å². The van der Waals surface area contributed by atoms with E-state index in [1.165, 1.54) is 0 Å². The van der Waals surface area contributed by atoms with Crippen LogP contribution in [0.25, 0.3) is 0 Å². The number of anilines is 2. The van der Waals surface area contributed by atoms with Gasteiger partial charge in [-0.05, 0) is 48.5 Å². The summed E-state index contributed by atoms with van der Waals surface area (Å²) in [4.78, 5) is 18.9. The number of nitrogens with zero attached hydrogens (tertiary/aromatic N) is 2. The lowest BCUT2D eigenvalue weighted by atomic mass is 10.1. The maximum absolute atomic E-state index is 13.0. The summed E-state index contributed by atoms with van der Waals surface area (Å²) in [5.74, 6) is 1.16. The highest BCUT2D eigenvalue weighted by Gasteiger charge is 2.20. The van der Waals surface area contributed by atoms with E-state index < -0.39 is 0 Å². The fourth-order valence-electron chi connectivity index (χ4n) is 2.28. The van der Waals surface area contributed by atoms with E-state index in [9.17, 15) is 4.79 Å². The molecule has 0 aliphatic carbocycles. The first-order valence-electron chi connectivity index (χ1n) is 7.24. The predicted octanol–water partition coefficient (Wildman–Crippen LogP) is 4.07. The first-order chi connectivity index (χ1) is 11.3. The third kappa shape index (κ3) is 3.21. The van der Waals surface area contributed by atoms with Crippen molar-refractivity contribution in [3.05, 3.63) is 84.6 Å². The number of para-hydroxylation sites is 1. The van der Waals surface area contributed by atoms with Gasteiger partial charge < -0.3 is 4.74 Å². The van der Waals surface area contributed by atoms with Gasteiger partial charge >= 0.3 is 0 Å². The topological polar surface area (TPSA) is 42.4 Å². The Morgan fingerprint density at radius 3 is 2.22 bits per heavy atom. The van der Waals surface area contributed by atoms with E-state index in [0.29, 0.717) is 17.1 Å². The molecule has 0 bridgehead atoms. The Morgan fingerprint density at radius 2 is 1.61 bits per heavy atom. The molecule has 23 heavy (non-hydrogen) atoms. The van der Waals surface area contributed by atoms with Gasteiger partial charge in [-0.3, -0.25) is 9.69 Å². The van der Waals surface area contributed by atoms with Crippen LogP contribution in [0.1, 0.15) is 10.4 Å². The van der Waals surface area contributed by atoms with Crippen LogP contribution in [0.5, 0.6) is 5.75 Å². The largest absolute Gasteiger partial charge is 0.497 e. The number of carbonyl (C=O) groups is 1. The van der Waals surface area contributed by atoms with E-state index in [-0.39, 0.29) is 5.91 Å². The van der Waals surface area contributed by atoms with E-state index in [1.807, 2.05) is 48.5 Å². The molecule has 0 aliphatic rings. The minimum Gasteiger partial charge on any atom is -0.497 e. The Bertz CT molecular complexity index is 732. The van der Waals surface area contributed by atoms with Crippen molar-refractivity contribution in [3.63, 3.8) is 0 Å². The van der Waals surface area contributed by atoms with E-state index in [1.54, 1.807) is 42.5 Å².